The van der Waals surface area contributed by atoms with Crippen molar-refractivity contribution in [2.75, 3.05) is 13.1 Å². The van der Waals surface area contributed by atoms with E-state index in [0.29, 0.717) is 19.5 Å². The standard InChI is InChI=1S/C13H17NO3S/c1-13(2,10-4-3-7-18-10)12(17)14-6-5-9(8-14)11(15)16/h3-4,7,9H,5-6,8H2,1-2H3,(H,15,16)/t9-/m1/s1. The fourth-order valence-electron chi connectivity index (χ4n) is 2.28. The lowest BCUT2D eigenvalue weighted by Crippen LogP contribution is -2.42. The Hall–Kier alpha value is -1.36. The van der Waals surface area contributed by atoms with Crippen LogP contribution in [0.3, 0.4) is 0 Å². The molecule has 2 heterocycles. The molecule has 0 aromatic carbocycles. The minimum absolute atomic E-state index is 0.0219. The molecule has 1 aromatic rings. The van der Waals surface area contributed by atoms with Gasteiger partial charge >= 0.3 is 5.97 Å². The van der Waals surface area contributed by atoms with Crippen molar-refractivity contribution in [2.24, 2.45) is 5.92 Å². The maximum Gasteiger partial charge on any atom is 0.308 e. The summed E-state index contributed by atoms with van der Waals surface area (Å²) in [5.41, 5.74) is -0.568. The van der Waals surface area contributed by atoms with E-state index in [4.69, 9.17) is 5.11 Å². The highest BCUT2D eigenvalue weighted by Crippen LogP contribution is 2.31. The summed E-state index contributed by atoms with van der Waals surface area (Å²) in [5, 5.41) is 10.9. The Labute approximate surface area is 110 Å². The van der Waals surface area contributed by atoms with E-state index in [1.165, 1.54) is 0 Å². The summed E-state index contributed by atoms with van der Waals surface area (Å²) < 4.78 is 0. The molecule has 1 aromatic heterocycles. The molecule has 0 bridgehead atoms. The number of aliphatic carboxylic acids is 1. The van der Waals surface area contributed by atoms with E-state index < -0.39 is 17.3 Å². The summed E-state index contributed by atoms with van der Waals surface area (Å²) in [7, 11) is 0. The predicted octanol–water partition coefficient (Wildman–Crippen LogP) is 1.96. The Kier molecular flexibility index (Phi) is 3.43. The van der Waals surface area contributed by atoms with Crippen LogP contribution in [0.1, 0.15) is 25.1 Å². The average molecular weight is 267 g/mol. The van der Waals surface area contributed by atoms with Gasteiger partial charge in [-0.05, 0) is 31.7 Å². The van der Waals surface area contributed by atoms with Gasteiger partial charge in [-0.1, -0.05) is 6.07 Å². The van der Waals surface area contributed by atoms with E-state index in [0.717, 1.165) is 4.88 Å². The topological polar surface area (TPSA) is 57.6 Å². The van der Waals surface area contributed by atoms with Gasteiger partial charge in [0.1, 0.15) is 0 Å². The largest absolute Gasteiger partial charge is 0.481 e. The van der Waals surface area contributed by atoms with Crippen LogP contribution < -0.4 is 0 Å². The van der Waals surface area contributed by atoms with Gasteiger partial charge in [-0.15, -0.1) is 11.3 Å². The van der Waals surface area contributed by atoms with Crippen LogP contribution in [0.4, 0.5) is 0 Å². The first-order chi connectivity index (χ1) is 8.43. The average Bonchev–Trinajstić information content (AvgIpc) is 2.99. The Morgan fingerprint density at radius 2 is 2.22 bits per heavy atom. The third-order valence-corrected chi connectivity index (χ3v) is 4.69. The number of carbonyl (C=O) groups is 2. The SMILES string of the molecule is CC(C)(C(=O)N1CC[C@@H](C(=O)O)C1)c1cccs1. The summed E-state index contributed by atoms with van der Waals surface area (Å²) >= 11 is 1.56. The van der Waals surface area contributed by atoms with Crippen LogP contribution in [0, 0.1) is 5.92 Å². The molecule has 0 radical (unpaired) electrons. The minimum Gasteiger partial charge on any atom is -0.481 e. The molecule has 1 N–H and O–H groups in total. The molecule has 5 heteroatoms. The molecule has 1 amide bonds. The molecule has 0 spiro atoms. The lowest BCUT2D eigenvalue weighted by atomic mass is 9.89. The summed E-state index contributed by atoms with van der Waals surface area (Å²) in [6.07, 6.45) is 0.557. The molecule has 0 aliphatic carbocycles. The molecule has 1 fully saturated rings. The summed E-state index contributed by atoms with van der Waals surface area (Å²) in [4.78, 5) is 26.1. The number of hydrogen-bond donors (Lipinski definition) is 1. The van der Waals surface area contributed by atoms with Crippen LogP contribution in [-0.2, 0) is 15.0 Å². The van der Waals surface area contributed by atoms with Gasteiger partial charge in [0, 0.05) is 18.0 Å². The van der Waals surface area contributed by atoms with Gasteiger partial charge in [0.25, 0.3) is 0 Å². The van der Waals surface area contributed by atoms with Crippen molar-refractivity contribution in [3.8, 4) is 0 Å². The first-order valence-electron chi connectivity index (χ1n) is 5.99. The van der Waals surface area contributed by atoms with E-state index >= 15 is 0 Å². The van der Waals surface area contributed by atoms with E-state index in [9.17, 15) is 9.59 Å². The van der Waals surface area contributed by atoms with Crippen molar-refractivity contribution in [3.63, 3.8) is 0 Å². The van der Waals surface area contributed by atoms with E-state index in [1.807, 2.05) is 31.4 Å². The van der Waals surface area contributed by atoms with Crippen LogP contribution in [0.25, 0.3) is 0 Å². The van der Waals surface area contributed by atoms with Crippen LogP contribution in [0.2, 0.25) is 0 Å². The molecule has 1 aliphatic heterocycles. The number of carboxylic acid groups (broad SMARTS) is 1. The summed E-state index contributed by atoms with van der Waals surface area (Å²) in [5.74, 6) is -1.19. The number of rotatable bonds is 3. The smallest absolute Gasteiger partial charge is 0.308 e. The number of nitrogens with zero attached hydrogens (tertiary/aromatic N) is 1. The van der Waals surface area contributed by atoms with Crippen LogP contribution >= 0.6 is 11.3 Å². The zero-order chi connectivity index (χ0) is 13.3. The van der Waals surface area contributed by atoms with E-state index in [2.05, 4.69) is 0 Å². The van der Waals surface area contributed by atoms with Crippen LogP contribution in [-0.4, -0.2) is 35.0 Å². The van der Waals surface area contributed by atoms with Crippen molar-refractivity contribution >= 4 is 23.2 Å². The van der Waals surface area contributed by atoms with Gasteiger partial charge in [0.15, 0.2) is 0 Å². The fraction of sp³-hybridized carbons (Fsp3) is 0.538. The van der Waals surface area contributed by atoms with Gasteiger partial charge in [0.2, 0.25) is 5.91 Å². The highest BCUT2D eigenvalue weighted by atomic mass is 32.1. The van der Waals surface area contributed by atoms with Gasteiger partial charge in [-0.25, -0.2) is 0 Å². The monoisotopic (exact) mass is 267 g/mol. The lowest BCUT2D eigenvalue weighted by molar-refractivity contribution is -0.141. The highest BCUT2D eigenvalue weighted by molar-refractivity contribution is 7.10. The van der Waals surface area contributed by atoms with Gasteiger partial charge in [-0.2, -0.15) is 0 Å². The predicted molar refractivity (Wildman–Crippen MR) is 69.7 cm³/mol. The maximum atomic E-state index is 12.5. The molecule has 0 unspecified atom stereocenters. The minimum atomic E-state index is -0.806. The van der Waals surface area contributed by atoms with Crippen molar-refractivity contribution in [1.29, 1.82) is 0 Å². The third-order valence-electron chi connectivity index (χ3n) is 3.50. The first kappa shape index (κ1) is 13.1. The van der Waals surface area contributed by atoms with Gasteiger partial charge < -0.3 is 10.0 Å². The van der Waals surface area contributed by atoms with E-state index in [1.54, 1.807) is 16.2 Å². The Morgan fingerprint density at radius 1 is 1.50 bits per heavy atom. The number of hydrogen-bond acceptors (Lipinski definition) is 3. The molecule has 1 atom stereocenters. The summed E-state index contributed by atoms with van der Waals surface area (Å²) in [6.45, 7) is 4.68. The van der Waals surface area contributed by atoms with E-state index in [-0.39, 0.29) is 5.91 Å². The second-order valence-electron chi connectivity index (χ2n) is 5.18. The molecule has 18 heavy (non-hydrogen) atoms. The molecule has 2 rings (SSSR count). The molecule has 4 nitrogen and oxygen atoms in total. The van der Waals surface area contributed by atoms with Crippen molar-refractivity contribution in [1.82, 2.24) is 4.90 Å². The molecular formula is C13H17NO3S. The molecule has 98 valence electrons. The quantitative estimate of drug-likeness (QED) is 0.910. The number of carbonyl (C=O) groups excluding carboxylic acids is 1. The fourth-order valence-corrected chi connectivity index (χ4v) is 3.12. The normalized spacial score (nSPS) is 20.1. The van der Waals surface area contributed by atoms with Crippen molar-refractivity contribution in [2.45, 2.75) is 25.7 Å². The van der Waals surface area contributed by atoms with Crippen molar-refractivity contribution in [3.05, 3.63) is 22.4 Å². The third kappa shape index (κ3) is 2.27. The molecule has 1 aliphatic rings. The summed E-state index contributed by atoms with van der Waals surface area (Å²) in [6, 6.07) is 3.88. The van der Waals surface area contributed by atoms with Crippen LogP contribution in [0.5, 0.6) is 0 Å². The Balaban J connectivity index is 2.11. The lowest BCUT2D eigenvalue weighted by Gasteiger charge is -2.28. The second-order valence-corrected chi connectivity index (χ2v) is 6.12. The molecular weight excluding hydrogens is 250 g/mol. The highest BCUT2D eigenvalue weighted by Gasteiger charge is 2.39. The van der Waals surface area contributed by atoms with Gasteiger partial charge in [-0.3, -0.25) is 9.59 Å². The second kappa shape index (κ2) is 4.72. The van der Waals surface area contributed by atoms with Crippen molar-refractivity contribution < 1.29 is 14.7 Å². The zero-order valence-electron chi connectivity index (χ0n) is 10.5. The number of carboxylic acids is 1. The number of amides is 1. The maximum absolute atomic E-state index is 12.5. The first-order valence-corrected chi connectivity index (χ1v) is 6.87. The molecule has 0 saturated carbocycles. The zero-order valence-corrected chi connectivity index (χ0v) is 11.4. The van der Waals surface area contributed by atoms with Gasteiger partial charge in [0.05, 0.1) is 11.3 Å². The van der Waals surface area contributed by atoms with Crippen LogP contribution in [0.15, 0.2) is 17.5 Å². The Morgan fingerprint density at radius 3 is 2.72 bits per heavy atom. The Bertz CT molecular complexity index is 453. The number of thiophene rings is 1. The molecule has 1 saturated heterocycles. The number of likely N-dealkylation sites (tertiary alicyclic amines) is 1.